The third-order valence-electron chi connectivity index (χ3n) is 1.98. The first-order valence-corrected chi connectivity index (χ1v) is 5.71. The van der Waals surface area contributed by atoms with Crippen molar-refractivity contribution in [3.05, 3.63) is 34.9 Å². The SMILES string of the molecule is CCCNCC(=O)OCc1cccc(Cl)c1. The molecule has 0 aliphatic carbocycles. The van der Waals surface area contributed by atoms with Crippen molar-refractivity contribution < 1.29 is 9.53 Å². The number of hydrogen-bond donors (Lipinski definition) is 1. The van der Waals surface area contributed by atoms with E-state index in [0.29, 0.717) is 5.02 Å². The first-order valence-electron chi connectivity index (χ1n) is 5.33. The van der Waals surface area contributed by atoms with Crippen molar-refractivity contribution in [2.24, 2.45) is 0 Å². The molecule has 0 radical (unpaired) electrons. The molecule has 88 valence electrons. The Hall–Kier alpha value is -1.06. The molecule has 3 nitrogen and oxygen atoms in total. The Labute approximate surface area is 101 Å². The van der Waals surface area contributed by atoms with Crippen LogP contribution in [0.3, 0.4) is 0 Å². The van der Waals surface area contributed by atoms with Crippen LogP contribution in [0.1, 0.15) is 18.9 Å². The van der Waals surface area contributed by atoms with Gasteiger partial charge in [0, 0.05) is 5.02 Å². The monoisotopic (exact) mass is 241 g/mol. The van der Waals surface area contributed by atoms with Crippen LogP contribution in [0.4, 0.5) is 0 Å². The van der Waals surface area contributed by atoms with Crippen LogP contribution in [0.25, 0.3) is 0 Å². The second-order valence-corrected chi connectivity index (χ2v) is 3.90. The normalized spacial score (nSPS) is 10.1. The highest BCUT2D eigenvalue weighted by atomic mass is 35.5. The van der Waals surface area contributed by atoms with Crippen LogP contribution in [0.15, 0.2) is 24.3 Å². The van der Waals surface area contributed by atoms with Gasteiger partial charge in [-0.15, -0.1) is 0 Å². The zero-order chi connectivity index (χ0) is 11.8. The van der Waals surface area contributed by atoms with Gasteiger partial charge in [0.05, 0.1) is 6.54 Å². The van der Waals surface area contributed by atoms with Crippen molar-refractivity contribution in [2.45, 2.75) is 20.0 Å². The summed E-state index contributed by atoms with van der Waals surface area (Å²) in [6.45, 7) is 3.40. The minimum atomic E-state index is -0.242. The lowest BCUT2D eigenvalue weighted by molar-refractivity contribution is -0.143. The summed E-state index contributed by atoms with van der Waals surface area (Å²) in [6, 6.07) is 7.28. The number of esters is 1. The number of ether oxygens (including phenoxy) is 1. The van der Waals surface area contributed by atoms with Gasteiger partial charge in [-0.05, 0) is 30.7 Å². The lowest BCUT2D eigenvalue weighted by Crippen LogP contribution is -2.25. The number of hydrogen-bond acceptors (Lipinski definition) is 3. The van der Waals surface area contributed by atoms with Crippen LogP contribution in [0, 0.1) is 0 Å². The smallest absolute Gasteiger partial charge is 0.320 e. The number of carbonyl (C=O) groups is 1. The van der Waals surface area contributed by atoms with Crippen LogP contribution in [0.5, 0.6) is 0 Å². The van der Waals surface area contributed by atoms with Crippen LogP contribution >= 0.6 is 11.6 Å². The zero-order valence-corrected chi connectivity index (χ0v) is 10.1. The molecule has 1 rings (SSSR count). The molecule has 0 aromatic heterocycles. The maximum atomic E-state index is 11.3. The Morgan fingerprint density at radius 1 is 1.50 bits per heavy atom. The molecule has 0 bridgehead atoms. The summed E-state index contributed by atoms with van der Waals surface area (Å²) in [5, 5.41) is 3.63. The van der Waals surface area contributed by atoms with E-state index in [1.54, 1.807) is 12.1 Å². The van der Waals surface area contributed by atoms with E-state index in [4.69, 9.17) is 16.3 Å². The molecule has 1 aromatic carbocycles. The highest BCUT2D eigenvalue weighted by Gasteiger charge is 2.02. The summed E-state index contributed by atoms with van der Waals surface area (Å²) in [4.78, 5) is 11.3. The van der Waals surface area contributed by atoms with Gasteiger partial charge in [-0.25, -0.2) is 0 Å². The van der Waals surface area contributed by atoms with E-state index in [0.717, 1.165) is 18.5 Å². The van der Waals surface area contributed by atoms with E-state index in [-0.39, 0.29) is 19.1 Å². The highest BCUT2D eigenvalue weighted by Crippen LogP contribution is 2.11. The topological polar surface area (TPSA) is 38.3 Å². The van der Waals surface area contributed by atoms with Gasteiger partial charge in [0.2, 0.25) is 0 Å². The van der Waals surface area contributed by atoms with Gasteiger partial charge in [-0.3, -0.25) is 4.79 Å². The molecule has 16 heavy (non-hydrogen) atoms. The number of benzene rings is 1. The fourth-order valence-electron chi connectivity index (χ4n) is 1.21. The summed E-state index contributed by atoms with van der Waals surface area (Å²) in [7, 11) is 0. The second kappa shape index (κ2) is 7.25. The van der Waals surface area contributed by atoms with Gasteiger partial charge in [-0.2, -0.15) is 0 Å². The Morgan fingerprint density at radius 3 is 3.00 bits per heavy atom. The van der Waals surface area contributed by atoms with Crippen molar-refractivity contribution in [3.63, 3.8) is 0 Å². The molecule has 0 fully saturated rings. The van der Waals surface area contributed by atoms with Gasteiger partial charge in [0.1, 0.15) is 6.61 Å². The minimum Gasteiger partial charge on any atom is -0.460 e. The third kappa shape index (κ3) is 5.14. The molecule has 0 spiro atoms. The summed E-state index contributed by atoms with van der Waals surface area (Å²) in [6.07, 6.45) is 1.00. The van der Waals surface area contributed by atoms with Crippen LogP contribution < -0.4 is 5.32 Å². The summed E-state index contributed by atoms with van der Waals surface area (Å²) in [5.74, 6) is -0.242. The van der Waals surface area contributed by atoms with Crippen molar-refractivity contribution >= 4 is 17.6 Å². The maximum absolute atomic E-state index is 11.3. The molecule has 0 unspecified atom stereocenters. The average molecular weight is 242 g/mol. The van der Waals surface area contributed by atoms with Crippen LogP contribution in [0.2, 0.25) is 5.02 Å². The number of halogens is 1. The first kappa shape index (κ1) is 13.0. The predicted molar refractivity (Wildman–Crippen MR) is 64.4 cm³/mol. The Bertz CT molecular complexity index is 342. The van der Waals surface area contributed by atoms with E-state index in [9.17, 15) is 4.79 Å². The maximum Gasteiger partial charge on any atom is 0.320 e. The van der Waals surface area contributed by atoms with Crippen molar-refractivity contribution in [2.75, 3.05) is 13.1 Å². The van der Waals surface area contributed by atoms with E-state index >= 15 is 0 Å². The molecular formula is C12H16ClNO2. The van der Waals surface area contributed by atoms with Gasteiger partial charge < -0.3 is 10.1 Å². The van der Waals surface area contributed by atoms with Gasteiger partial charge in [0.25, 0.3) is 0 Å². The molecule has 0 aliphatic rings. The second-order valence-electron chi connectivity index (χ2n) is 3.47. The van der Waals surface area contributed by atoms with Crippen molar-refractivity contribution in [1.29, 1.82) is 0 Å². The molecule has 0 heterocycles. The van der Waals surface area contributed by atoms with E-state index in [1.807, 2.05) is 19.1 Å². The quantitative estimate of drug-likeness (QED) is 0.614. The van der Waals surface area contributed by atoms with E-state index in [2.05, 4.69) is 5.32 Å². The Balaban J connectivity index is 2.26. The zero-order valence-electron chi connectivity index (χ0n) is 9.33. The lowest BCUT2D eigenvalue weighted by Gasteiger charge is -2.05. The fraction of sp³-hybridized carbons (Fsp3) is 0.417. The number of rotatable bonds is 6. The Morgan fingerprint density at radius 2 is 2.31 bits per heavy atom. The Kier molecular flexibility index (Phi) is 5.90. The molecular weight excluding hydrogens is 226 g/mol. The molecule has 4 heteroatoms. The molecule has 0 saturated carbocycles. The summed E-state index contributed by atoms with van der Waals surface area (Å²) in [5.41, 5.74) is 0.899. The predicted octanol–water partition coefficient (Wildman–Crippen LogP) is 2.38. The van der Waals surface area contributed by atoms with Crippen molar-refractivity contribution in [1.82, 2.24) is 5.32 Å². The summed E-state index contributed by atoms with van der Waals surface area (Å²) < 4.78 is 5.07. The largest absolute Gasteiger partial charge is 0.460 e. The van der Waals surface area contributed by atoms with Gasteiger partial charge >= 0.3 is 5.97 Å². The standard InChI is InChI=1S/C12H16ClNO2/c1-2-6-14-8-12(15)16-9-10-4-3-5-11(13)7-10/h3-5,7,14H,2,6,8-9H2,1H3. The third-order valence-corrected chi connectivity index (χ3v) is 2.22. The van der Waals surface area contributed by atoms with E-state index in [1.165, 1.54) is 0 Å². The molecule has 0 aliphatic heterocycles. The lowest BCUT2D eigenvalue weighted by atomic mass is 10.2. The van der Waals surface area contributed by atoms with Crippen LogP contribution in [-0.4, -0.2) is 19.1 Å². The molecule has 1 N–H and O–H groups in total. The van der Waals surface area contributed by atoms with Crippen LogP contribution in [-0.2, 0) is 16.1 Å². The van der Waals surface area contributed by atoms with E-state index < -0.39 is 0 Å². The molecule has 0 amide bonds. The molecule has 0 saturated heterocycles. The highest BCUT2D eigenvalue weighted by molar-refractivity contribution is 6.30. The average Bonchev–Trinajstić information content (AvgIpc) is 2.27. The molecule has 0 atom stereocenters. The molecule has 1 aromatic rings. The number of carbonyl (C=O) groups excluding carboxylic acids is 1. The summed E-state index contributed by atoms with van der Waals surface area (Å²) >= 11 is 5.81. The fourth-order valence-corrected chi connectivity index (χ4v) is 1.42. The van der Waals surface area contributed by atoms with Crippen molar-refractivity contribution in [3.8, 4) is 0 Å². The first-order chi connectivity index (χ1) is 7.72. The van der Waals surface area contributed by atoms with Gasteiger partial charge in [0.15, 0.2) is 0 Å². The van der Waals surface area contributed by atoms with Gasteiger partial charge in [-0.1, -0.05) is 30.7 Å². The number of nitrogens with one attached hydrogen (secondary N) is 1. The minimum absolute atomic E-state index is 0.242.